The van der Waals surface area contributed by atoms with Gasteiger partial charge >= 0.3 is 0 Å². The lowest BCUT2D eigenvalue weighted by molar-refractivity contribution is -0.385. The number of hydrogen-bond donors (Lipinski definition) is 2. The number of rotatable bonds is 25. The minimum atomic E-state index is -0.525. The zero-order valence-corrected chi connectivity index (χ0v) is 39.8. The Morgan fingerprint density at radius 2 is 0.800 bits per heavy atom. The quantitative estimate of drug-likeness (QED) is 0.0278. The molecule has 4 aromatic carbocycles. The van der Waals surface area contributed by atoms with Crippen molar-refractivity contribution in [2.75, 3.05) is 39.4 Å². The van der Waals surface area contributed by atoms with E-state index in [-0.39, 0.29) is 34.3 Å². The molecule has 0 spiro atoms. The summed E-state index contributed by atoms with van der Waals surface area (Å²) >= 11 is 0. The maximum Gasteiger partial charge on any atom is 0.269 e. The molecule has 2 heterocycles. The Hall–Kier alpha value is -7.36. The zero-order chi connectivity index (χ0) is 49.5. The van der Waals surface area contributed by atoms with Crippen molar-refractivity contribution in [2.24, 2.45) is 0 Å². The Kier molecular flexibility index (Phi) is 20.5. The van der Waals surface area contributed by atoms with Gasteiger partial charge in [-0.15, -0.1) is 0 Å². The minimum Gasteiger partial charge on any atom is -0.493 e. The fourth-order valence-electron chi connectivity index (χ4n) is 8.57. The van der Waals surface area contributed by atoms with Crippen molar-refractivity contribution in [1.29, 1.82) is 0 Å². The van der Waals surface area contributed by atoms with Gasteiger partial charge in [-0.25, -0.2) is 0 Å². The Morgan fingerprint density at radius 3 is 1.14 bits per heavy atom. The molecule has 2 aliphatic heterocycles. The third-order valence-electron chi connectivity index (χ3n) is 12.5. The number of likely N-dealkylation sites (tertiary alicyclic amines) is 2. The van der Waals surface area contributed by atoms with E-state index in [0.717, 1.165) is 103 Å². The SMILES string of the molecule is O=C(N/C=C(/C(=O)N1CCCCC1)c1ccccc1OCCCCCCCCCCCCOc1ccccc1/C(=C\NC(=O)c1ccc([N+](=O)[O-])cc1)C(=O)N1CCCCC1)c1ccc([N+](=O)[O-])cc1. The van der Waals surface area contributed by atoms with E-state index < -0.39 is 21.7 Å². The predicted octanol–water partition coefficient (Wildman–Crippen LogP) is 10.4. The number of non-ortho nitro benzene ring substituents is 2. The summed E-state index contributed by atoms with van der Waals surface area (Å²) in [4.78, 5) is 78.5. The number of amides is 4. The van der Waals surface area contributed by atoms with E-state index in [9.17, 15) is 39.4 Å². The maximum absolute atomic E-state index is 13.9. The molecule has 2 aliphatic rings. The highest BCUT2D eigenvalue weighted by Crippen LogP contribution is 2.31. The van der Waals surface area contributed by atoms with Crippen molar-refractivity contribution in [3.05, 3.63) is 152 Å². The Labute approximate surface area is 409 Å². The van der Waals surface area contributed by atoms with Crippen molar-refractivity contribution in [1.82, 2.24) is 20.4 Å². The lowest BCUT2D eigenvalue weighted by Crippen LogP contribution is -2.36. The molecule has 370 valence electrons. The standard InChI is InChI=1S/C54H64N6O10/c61-51(41-25-29-43(30-26-41)59(65)66)55-39-47(53(63)57-33-15-9-16-34-57)45-21-11-13-23-49(45)69-37-19-7-5-3-1-2-4-6-8-20-38-70-50-24-14-12-22-46(50)48(54(64)58-35-17-10-18-36-58)40-56-52(62)42-27-31-44(32-28-42)60(67)68/h11-14,21-32,39-40H,1-10,15-20,33-38H2,(H,55,61)(H,56,62)/b47-39+,48-40+. The van der Waals surface area contributed by atoms with Gasteiger partial charge in [0, 0.05) is 85.1 Å². The first-order valence-electron chi connectivity index (χ1n) is 24.6. The van der Waals surface area contributed by atoms with Crippen molar-refractivity contribution in [2.45, 2.75) is 103 Å². The van der Waals surface area contributed by atoms with Gasteiger partial charge in [0.15, 0.2) is 0 Å². The molecule has 4 amide bonds. The highest BCUT2D eigenvalue weighted by Gasteiger charge is 2.26. The van der Waals surface area contributed by atoms with Gasteiger partial charge in [0.05, 0.1) is 34.2 Å². The average Bonchev–Trinajstić information content (AvgIpc) is 3.39. The average molecular weight is 957 g/mol. The summed E-state index contributed by atoms with van der Waals surface area (Å²) in [6.07, 6.45) is 19.1. The van der Waals surface area contributed by atoms with Gasteiger partial charge in [0.1, 0.15) is 11.5 Å². The Morgan fingerprint density at radius 1 is 0.471 bits per heavy atom. The van der Waals surface area contributed by atoms with E-state index in [4.69, 9.17) is 9.47 Å². The summed E-state index contributed by atoms with van der Waals surface area (Å²) in [5.74, 6) is -0.231. The Balaban J connectivity index is 0.906. The molecule has 2 N–H and O–H groups in total. The minimum absolute atomic E-state index is 0.118. The van der Waals surface area contributed by atoms with Crippen molar-refractivity contribution in [3.8, 4) is 11.5 Å². The molecule has 16 heteroatoms. The molecule has 0 bridgehead atoms. The van der Waals surface area contributed by atoms with Gasteiger partial charge in [-0.3, -0.25) is 39.4 Å². The molecule has 0 aliphatic carbocycles. The van der Waals surface area contributed by atoms with Crippen molar-refractivity contribution >= 4 is 46.1 Å². The van der Waals surface area contributed by atoms with E-state index in [2.05, 4.69) is 10.6 Å². The monoisotopic (exact) mass is 956 g/mol. The number of piperidine rings is 2. The van der Waals surface area contributed by atoms with Crippen LogP contribution in [0, 0.1) is 20.2 Å². The fraction of sp³-hybridized carbons (Fsp3) is 0.407. The van der Waals surface area contributed by atoms with E-state index in [1.165, 1.54) is 60.9 Å². The number of nitro benzene ring substituents is 2. The number of ether oxygens (including phenoxy) is 2. The van der Waals surface area contributed by atoms with Crippen LogP contribution in [0.25, 0.3) is 11.1 Å². The topological polar surface area (TPSA) is 204 Å². The second-order valence-electron chi connectivity index (χ2n) is 17.6. The van der Waals surface area contributed by atoms with Gasteiger partial charge in [0.2, 0.25) is 0 Å². The second-order valence-corrected chi connectivity index (χ2v) is 17.6. The number of nitrogens with zero attached hydrogens (tertiary/aromatic N) is 4. The summed E-state index contributed by atoms with van der Waals surface area (Å²) in [5.41, 5.74) is 2.04. The zero-order valence-electron chi connectivity index (χ0n) is 39.8. The molecule has 0 radical (unpaired) electrons. The van der Waals surface area contributed by atoms with E-state index in [0.29, 0.717) is 73.2 Å². The molecule has 6 rings (SSSR count). The number of unbranched alkanes of at least 4 members (excludes halogenated alkanes) is 9. The summed E-state index contributed by atoms with van der Waals surface area (Å²) in [6.45, 7) is 3.49. The molecule has 0 unspecified atom stereocenters. The number of nitro groups is 2. The van der Waals surface area contributed by atoms with Crippen LogP contribution in [-0.4, -0.2) is 82.7 Å². The van der Waals surface area contributed by atoms with Crippen LogP contribution in [0.15, 0.2) is 109 Å². The van der Waals surface area contributed by atoms with Gasteiger partial charge in [0.25, 0.3) is 35.0 Å². The van der Waals surface area contributed by atoms with E-state index in [1.54, 1.807) is 9.80 Å². The van der Waals surface area contributed by atoms with Crippen LogP contribution in [0.4, 0.5) is 11.4 Å². The number of nitrogens with one attached hydrogen (secondary N) is 2. The van der Waals surface area contributed by atoms with Crippen LogP contribution in [0.5, 0.6) is 11.5 Å². The number of carbonyl (C=O) groups is 4. The van der Waals surface area contributed by atoms with Crippen LogP contribution in [0.2, 0.25) is 0 Å². The lowest BCUT2D eigenvalue weighted by Gasteiger charge is -2.28. The highest BCUT2D eigenvalue weighted by molar-refractivity contribution is 6.21. The first kappa shape index (κ1) is 52.0. The van der Waals surface area contributed by atoms with Crippen LogP contribution in [-0.2, 0) is 9.59 Å². The Bertz CT molecular complexity index is 2290. The normalized spacial score (nSPS) is 14.1. The first-order valence-corrected chi connectivity index (χ1v) is 24.6. The van der Waals surface area contributed by atoms with Crippen molar-refractivity contribution < 1.29 is 38.5 Å². The molecule has 4 aromatic rings. The summed E-state index contributed by atoms with van der Waals surface area (Å²) in [7, 11) is 0. The van der Waals surface area contributed by atoms with Gasteiger partial charge in [-0.1, -0.05) is 87.8 Å². The lowest BCUT2D eigenvalue weighted by atomic mass is 10.0. The molecule has 70 heavy (non-hydrogen) atoms. The molecule has 2 saturated heterocycles. The number of para-hydroxylation sites is 2. The highest BCUT2D eigenvalue weighted by atomic mass is 16.6. The molecular weight excluding hydrogens is 893 g/mol. The number of carbonyl (C=O) groups excluding carboxylic acids is 4. The van der Waals surface area contributed by atoms with Crippen molar-refractivity contribution in [3.63, 3.8) is 0 Å². The molecular formula is C54H64N6O10. The van der Waals surface area contributed by atoms with E-state index >= 15 is 0 Å². The second kappa shape index (κ2) is 27.6. The van der Waals surface area contributed by atoms with Crippen LogP contribution >= 0.6 is 0 Å². The molecule has 0 saturated carbocycles. The number of benzene rings is 4. The molecule has 16 nitrogen and oxygen atoms in total. The van der Waals surface area contributed by atoms with Crippen LogP contribution < -0.4 is 20.1 Å². The molecule has 0 aromatic heterocycles. The van der Waals surface area contributed by atoms with Crippen LogP contribution in [0.3, 0.4) is 0 Å². The maximum atomic E-state index is 13.9. The van der Waals surface area contributed by atoms with Gasteiger partial charge < -0.3 is 29.9 Å². The predicted molar refractivity (Wildman–Crippen MR) is 268 cm³/mol. The smallest absolute Gasteiger partial charge is 0.269 e. The molecule has 2 fully saturated rings. The van der Waals surface area contributed by atoms with E-state index in [1.807, 2.05) is 48.5 Å². The van der Waals surface area contributed by atoms with Gasteiger partial charge in [-0.05, 0) is 87.8 Å². The summed E-state index contributed by atoms with van der Waals surface area (Å²) < 4.78 is 12.5. The largest absolute Gasteiger partial charge is 0.493 e. The third kappa shape index (κ3) is 15.6. The first-order chi connectivity index (χ1) is 34.1. The molecule has 0 atom stereocenters. The third-order valence-corrected chi connectivity index (χ3v) is 12.5. The summed E-state index contributed by atoms with van der Waals surface area (Å²) in [6, 6.07) is 25.3. The number of hydrogen-bond acceptors (Lipinski definition) is 10. The fourth-order valence-corrected chi connectivity index (χ4v) is 8.57. The van der Waals surface area contributed by atoms with Gasteiger partial charge in [-0.2, -0.15) is 0 Å². The summed E-state index contributed by atoms with van der Waals surface area (Å²) in [5, 5.41) is 27.6. The van der Waals surface area contributed by atoms with Crippen LogP contribution in [0.1, 0.15) is 135 Å².